The first-order valence-electron chi connectivity index (χ1n) is 9.54. The van der Waals surface area contributed by atoms with Crippen LogP contribution in [-0.4, -0.2) is 16.8 Å². The summed E-state index contributed by atoms with van der Waals surface area (Å²) in [7, 11) is 0. The SMILES string of the molecule is CC(C)=CCc1cccc(COC(=O)[C@@H]2[C@H](/C=C3\CCSC3=O)C2(C)C)c1. The Morgan fingerprint density at radius 1 is 1.30 bits per heavy atom. The third-order valence-electron chi connectivity index (χ3n) is 5.53. The predicted octanol–water partition coefficient (Wildman–Crippen LogP) is 5.10. The molecule has 3 nitrogen and oxygen atoms in total. The summed E-state index contributed by atoms with van der Waals surface area (Å²) in [5, 5.41) is 0.165. The topological polar surface area (TPSA) is 43.4 Å². The molecule has 2 aliphatic rings. The fraction of sp³-hybridized carbons (Fsp3) is 0.478. The van der Waals surface area contributed by atoms with Gasteiger partial charge in [0.2, 0.25) is 5.12 Å². The summed E-state index contributed by atoms with van der Waals surface area (Å²) in [5.41, 5.74) is 4.26. The Balaban J connectivity index is 1.59. The van der Waals surface area contributed by atoms with Crippen LogP contribution >= 0.6 is 11.8 Å². The number of esters is 1. The lowest BCUT2D eigenvalue weighted by molar-refractivity contribution is -0.147. The molecule has 1 saturated carbocycles. The molecule has 1 heterocycles. The van der Waals surface area contributed by atoms with E-state index in [0.717, 1.165) is 29.7 Å². The van der Waals surface area contributed by atoms with Crippen molar-refractivity contribution in [2.45, 2.75) is 47.1 Å². The highest BCUT2D eigenvalue weighted by atomic mass is 32.2. The van der Waals surface area contributed by atoms with E-state index in [-0.39, 0.29) is 28.3 Å². The van der Waals surface area contributed by atoms with Crippen molar-refractivity contribution in [1.82, 2.24) is 0 Å². The molecule has 1 aromatic rings. The average molecular weight is 385 g/mol. The minimum atomic E-state index is -0.158. The minimum Gasteiger partial charge on any atom is -0.461 e. The van der Waals surface area contributed by atoms with E-state index in [2.05, 4.69) is 45.9 Å². The molecule has 3 rings (SSSR count). The number of carbonyl (C=O) groups is 2. The number of carbonyl (C=O) groups excluding carboxylic acids is 2. The number of rotatable bonds is 6. The molecule has 0 amide bonds. The molecule has 4 heteroatoms. The van der Waals surface area contributed by atoms with E-state index in [1.165, 1.54) is 22.9 Å². The van der Waals surface area contributed by atoms with E-state index in [4.69, 9.17) is 4.74 Å². The van der Waals surface area contributed by atoms with Crippen molar-refractivity contribution in [2.24, 2.45) is 17.3 Å². The molecule has 0 bridgehead atoms. The standard InChI is InChI=1S/C23H28O3S/c1-15(2)8-9-16-6-5-7-17(12-16)14-26-21(24)20-19(23(20,3)4)13-18-10-11-27-22(18)25/h5-8,12-13,19-20H,9-11,14H2,1-4H3/b18-13+/t19-,20-/m0/s1. The normalized spacial score (nSPS) is 24.7. The molecule has 0 spiro atoms. The van der Waals surface area contributed by atoms with E-state index in [9.17, 15) is 9.59 Å². The second-order valence-corrected chi connectivity index (χ2v) is 9.38. The maximum absolute atomic E-state index is 12.6. The molecule has 1 aromatic carbocycles. The van der Waals surface area contributed by atoms with Gasteiger partial charge in [-0.25, -0.2) is 0 Å². The van der Waals surface area contributed by atoms with E-state index in [0.29, 0.717) is 6.61 Å². The van der Waals surface area contributed by atoms with Crippen molar-refractivity contribution in [2.75, 3.05) is 5.75 Å². The molecule has 27 heavy (non-hydrogen) atoms. The van der Waals surface area contributed by atoms with Crippen LogP contribution in [0.5, 0.6) is 0 Å². The maximum Gasteiger partial charge on any atom is 0.310 e. The first-order valence-corrected chi connectivity index (χ1v) is 10.5. The van der Waals surface area contributed by atoms with Crippen LogP contribution in [0.1, 0.15) is 45.2 Å². The number of benzene rings is 1. The zero-order valence-corrected chi connectivity index (χ0v) is 17.4. The Morgan fingerprint density at radius 2 is 2.04 bits per heavy atom. The zero-order valence-electron chi connectivity index (χ0n) is 16.6. The molecule has 144 valence electrons. The molecule has 0 N–H and O–H groups in total. The van der Waals surface area contributed by atoms with Gasteiger partial charge in [0.15, 0.2) is 0 Å². The molecule has 2 fully saturated rings. The van der Waals surface area contributed by atoms with Gasteiger partial charge in [0, 0.05) is 11.3 Å². The van der Waals surface area contributed by atoms with Gasteiger partial charge >= 0.3 is 5.97 Å². The molecule has 1 aliphatic carbocycles. The highest BCUT2D eigenvalue weighted by Crippen LogP contribution is 2.60. The van der Waals surface area contributed by atoms with E-state index in [1.54, 1.807) is 0 Å². The fourth-order valence-corrected chi connectivity index (χ4v) is 4.53. The van der Waals surface area contributed by atoms with E-state index in [1.807, 2.05) is 18.2 Å². The van der Waals surface area contributed by atoms with Crippen LogP contribution < -0.4 is 0 Å². The number of allylic oxidation sites excluding steroid dienone is 3. The van der Waals surface area contributed by atoms with Gasteiger partial charge in [-0.3, -0.25) is 9.59 Å². The first kappa shape index (κ1) is 19.9. The number of ether oxygens (including phenoxy) is 1. The van der Waals surface area contributed by atoms with Crippen molar-refractivity contribution >= 4 is 22.8 Å². The summed E-state index contributed by atoms with van der Waals surface area (Å²) >= 11 is 1.37. The number of hydrogen-bond donors (Lipinski definition) is 0. The third kappa shape index (κ3) is 4.73. The Labute approximate surface area is 166 Å². The Hall–Kier alpha value is -1.81. The molecule has 0 unspecified atom stereocenters. The Morgan fingerprint density at radius 3 is 2.70 bits per heavy atom. The van der Waals surface area contributed by atoms with Crippen molar-refractivity contribution in [3.63, 3.8) is 0 Å². The summed E-state index contributed by atoms with van der Waals surface area (Å²) in [4.78, 5) is 24.4. The van der Waals surface area contributed by atoms with Crippen LogP contribution in [0.4, 0.5) is 0 Å². The van der Waals surface area contributed by atoms with Gasteiger partial charge in [0.1, 0.15) is 6.61 Å². The minimum absolute atomic E-state index is 0.103. The van der Waals surface area contributed by atoms with Crippen LogP contribution in [0.3, 0.4) is 0 Å². The van der Waals surface area contributed by atoms with Gasteiger partial charge in [-0.05, 0) is 49.1 Å². The summed E-state index contributed by atoms with van der Waals surface area (Å²) < 4.78 is 5.62. The molecule has 1 saturated heterocycles. The average Bonchev–Trinajstić information content (AvgIpc) is 2.93. The highest BCUT2D eigenvalue weighted by Gasteiger charge is 2.61. The van der Waals surface area contributed by atoms with Crippen LogP contribution in [0.25, 0.3) is 0 Å². The molecule has 0 radical (unpaired) electrons. The summed E-state index contributed by atoms with van der Waals surface area (Å²) in [6.07, 6.45) is 5.92. The Bertz CT molecular complexity index is 800. The smallest absolute Gasteiger partial charge is 0.310 e. The van der Waals surface area contributed by atoms with Gasteiger partial charge in [0.05, 0.1) is 5.92 Å². The lowest BCUT2D eigenvalue weighted by atomic mass is 10.1. The summed E-state index contributed by atoms with van der Waals surface area (Å²) in [5.74, 6) is 0.647. The lowest BCUT2D eigenvalue weighted by Gasteiger charge is -2.07. The van der Waals surface area contributed by atoms with Gasteiger partial charge in [-0.1, -0.05) is 67.6 Å². The van der Waals surface area contributed by atoms with Crippen LogP contribution in [0, 0.1) is 17.3 Å². The molecule has 2 atom stereocenters. The molecule has 0 aromatic heterocycles. The van der Waals surface area contributed by atoms with Gasteiger partial charge in [-0.15, -0.1) is 0 Å². The van der Waals surface area contributed by atoms with Gasteiger partial charge in [-0.2, -0.15) is 0 Å². The van der Waals surface area contributed by atoms with Crippen LogP contribution in [0.2, 0.25) is 0 Å². The first-order chi connectivity index (χ1) is 12.8. The third-order valence-corrected chi connectivity index (χ3v) is 6.46. The number of thioether (sulfide) groups is 1. The molecule has 1 aliphatic heterocycles. The van der Waals surface area contributed by atoms with Crippen molar-refractivity contribution in [3.8, 4) is 0 Å². The quantitative estimate of drug-likeness (QED) is 0.389. The molecular weight excluding hydrogens is 356 g/mol. The van der Waals surface area contributed by atoms with Crippen LogP contribution in [-0.2, 0) is 27.4 Å². The second-order valence-electron chi connectivity index (χ2n) is 8.32. The Kier molecular flexibility index (Phi) is 5.95. The fourth-order valence-electron chi connectivity index (χ4n) is 3.67. The van der Waals surface area contributed by atoms with Crippen LogP contribution in [0.15, 0.2) is 47.6 Å². The lowest BCUT2D eigenvalue weighted by Crippen LogP contribution is -2.10. The van der Waals surface area contributed by atoms with Crippen molar-refractivity contribution in [3.05, 3.63) is 58.7 Å². The van der Waals surface area contributed by atoms with Crippen molar-refractivity contribution in [1.29, 1.82) is 0 Å². The van der Waals surface area contributed by atoms with E-state index >= 15 is 0 Å². The highest BCUT2D eigenvalue weighted by molar-refractivity contribution is 8.14. The summed E-state index contributed by atoms with van der Waals surface area (Å²) in [6, 6.07) is 8.19. The molecular formula is C23H28O3S. The van der Waals surface area contributed by atoms with Crippen molar-refractivity contribution < 1.29 is 14.3 Å². The monoisotopic (exact) mass is 384 g/mol. The summed E-state index contributed by atoms with van der Waals surface area (Å²) in [6.45, 7) is 8.63. The maximum atomic E-state index is 12.6. The predicted molar refractivity (Wildman–Crippen MR) is 110 cm³/mol. The van der Waals surface area contributed by atoms with Gasteiger partial charge in [0.25, 0.3) is 0 Å². The zero-order chi connectivity index (χ0) is 19.6. The second kappa shape index (κ2) is 8.05. The van der Waals surface area contributed by atoms with E-state index < -0.39 is 0 Å². The largest absolute Gasteiger partial charge is 0.461 e. The van der Waals surface area contributed by atoms with Gasteiger partial charge < -0.3 is 4.74 Å². The number of hydrogen-bond acceptors (Lipinski definition) is 4.